The number of ether oxygens (including phenoxy) is 1. The summed E-state index contributed by atoms with van der Waals surface area (Å²) in [7, 11) is 0. The third kappa shape index (κ3) is 5.72. The molecule has 0 fully saturated rings. The number of carbonyl (C=O) groups is 1. The average Bonchev–Trinajstić information content (AvgIpc) is 2.49. The smallest absolute Gasteiger partial charge is 0.236 e. The van der Waals surface area contributed by atoms with Crippen LogP contribution < -0.4 is 15.4 Å². The standard InChI is InChI=1S/C15H21N3O2/c1-3-9-17-15(19)12(2)18-11-13-4-6-14(7-5-13)20-10-8-16/h4-7,12,18H,3,9-11H2,1-2H3,(H,17,19). The van der Waals surface area contributed by atoms with Crippen molar-refractivity contribution in [1.82, 2.24) is 10.6 Å². The van der Waals surface area contributed by atoms with Gasteiger partial charge in [0, 0.05) is 13.1 Å². The molecule has 0 aliphatic rings. The summed E-state index contributed by atoms with van der Waals surface area (Å²) in [6, 6.07) is 9.15. The van der Waals surface area contributed by atoms with Gasteiger partial charge < -0.3 is 15.4 Å². The molecule has 0 bridgehead atoms. The van der Waals surface area contributed by atoms with Crippen molar-refractivity contribution < 1.29 is 9.53 Å². The van der Waals surface area contributed by atoms with Crippen molar-refractivity contribution in [1.29, 1.82) is 5.26 Å². The van der Waals surface area contributed by atoms with Crippen molar-refractivity contribution in [3.63, 3.8) is 0 Å². The number of hydrogen-bond acceptors (Lipinski definition) is 4. The highest BCUT2D eigenvalue weighted by Gasteiger charge is 2.10. The number of benzene rings is 1. The van der Waals surface area contributed by atoms with E-state index in [1.165, 1.54) is 0 Å². The van der Waals surface area contributed by atoms with Crippen molar-refractivity contribution >= 4 is 5.91 Å². The SMILES string of the molecule is CCCNC(=O)C(C)NCc1ccc(OCC#N)cc1. The van der Waals surface area contributed by atoms with E-state index in [0.29, 0.717) is 18.8 Å². The van der Waals surface area contributed by atoms with Gasteiger partial charge in [0.15, 0.2) is 6.61 Å². The third-order valence-electron chi connectivity index (χ3n) is 2.78. The van der Waals surface area contributed by atoms with Gasteiger partial charge in [-0.3, -0.25) is 4.79 Å². The molecule has 0 saturated heterocycles. The van der Waals surface area contributed by atoms with Crippen LogP contribution in [0.25, 0.3) is 0 Å². The molecule has 0 heterocycles. The minimum atomic E-state index is -0.226. The van der Waals surface area contributed by atoms with Crippen LogP contribution in [0.5, 0.6) is 5.75 Å². The van der Waals surface area contributed by atoms with Gasteiger partial charge in [0.1, 0.15) is 11.8 Å². The number of nitriles is 1. The van der Waals surface area contributed by atoms with E-state index in [4.69, 9.17) is 10.00 Å². The van der Waals surface area contributed by atoms with E-state index in [2.05, 4.69) is 10.6 Å². The molecular weight excluding hydrogens is 254 g/mol. The van der Waals surface area contributed by atoms with Crippen LogP contribution in [0.2, 0.25) is 0 Å². The first kappa shape index (κ1) is 16.0. The van der Waals surface area contributed by atoms with Crippen LogP contribution in [-0.4, -0.2) is 25.1 Å². The highest BCUT2D eigenvalue weighted by Crippen LogP contribution is 2.11. The van der Waals surface area contributed by atoms with Crippen molar-refractivity contribution in [3.8, 4) is 11.8 Å². The van der Waals surface area contributed by atoms with E-state index in [1.807, 2.05) is 44.2 Å². The van der Waals surface area contributed by atoms with Crippen LogP contribution in [0.3, 0.4) is 0 Å². The first-order chi connectivity index (χ1) is 9.67. The summed E-state index contributed by atoms with van der Waals surface area (Å²) >= 11 is 0. The molecule has 2 N–H and O–H groups in total. The number of rotatable bonds is 8. The summed E-state index contributed by atoms with van der Waals surface area (Å²) in [5, 5.41) is 14.4. The number of hydrogen-bond donors (Lipinski definition) is 2. The normalized spacial score (nSPS) is 11.4. The van der Waals surface area contributed by atoms with E-state index in [0.717, 1.165) is 12.0 Å². The summed E-state index contributed by atoms with van der Waals surface area (Å²) in [5.74, 6) is 0.685. The average molecular weight is 275 g/mol. The molecule has 0 aromatic heterocycles. The van der Waals surface area contributed by atoms with Crippen LogP contribution in [0.1, 0.15) is 25.8 Å². The predicted octanol–water partition coefficient (Wildman–Crippen LogP) is 1.59. The van der Waals surface area contributed by atoms with Crippen molar-refractivity contribution in [2.75, 3.05) is 13.2 Å². The third-order valence-corrected chi connectivity index (χ3v) is 2.78. The number of nitrogens with zero attached hydrogens (tertiary/aromatic N) is 1. The maximum Gasteiger partial charge on any atom is 0.236 e. The fourth-order valence-corrected chi connectivity index (χ4v) is 1.58. The largest absolute Gasteiger partial charge is 0.479 e. The van der Waals surface area contributed by atoms with Crippen LogP contribution in [-0.2, 0) is 11.3 Å². The van der Waals surface area contributed by atoms with E-state index in [-0.39, 0.29) is 18.6 Å². The van der Waals surface area contributed by atoms with Gasteiger partial charge in [-0.05, 0) is 31.0 Å². The second-order valence-corrected chi connectivity index (χ2v) is 4.48. The lowest BCUT2D eigenvalue weighted by atomic mass is 10.2. The maximum absolute atomic E-state index is 11.7. The lowest BCUT2D eigenvalue weighted by molar-refractivity contribution is -0.122. The zero-order valence-electron chi connectivity index (χ0n) is 12.0. The Kier molecular flexibility index (Phi) is 7.15. The van der Waals surface area contributed by atoms with Gasteiger partial charge in [-0.25, -0.2) is 0 Å². The lowest BCUT2D eigenvalue weighted by Crippen LogP contribution is -2.42. The van der Waals surface area contributed by atoms with Gasteiger partial charge >= 0.3 is 0 Å². The molecule has 1 aromatic rings. The van der Waals surface area contributed by atoms with Gasteiger partial charge in [-0.15, -0.1) is 0 Å². The molecule has 20 heavy (non-hydrogen) atoms. The summed E-state index contributed by atoms with van der Waals surface area (Å²) in [6.45, 7) is 5.23. The van der Waals surface area contributed by atoms with Gasteiger partial charge in [0.05, 0.1) is 6.04 Å². The highest BCUT2D eigenvalue weighted by atomic mass is 16.5. The van der Waals surface area contributed by atoms with Gasteiger partial charge in [-0.2, -0.15) is 5.26 Å². The Morgan fingerprint density at radius 2 is 2.10 bits per heavy atom. The monoisotopic (exact) mass is 275 g/mol. The molecular formula is C15H21N3O2. The van der Waals surface area contributed by atoms with E-state index < -0.39 is 0 Å². The summed E-state index contributed by atoms with van der Waals surface area (Å²) in [6.07, 6.45) is 0.933. The fraction of sp³-hybridized carbons (Fsp3) is 0.467. The summed E-state index contributed by atoms with van der Waals surface area (Å²) < 4.78 is 5.17. The second kappa shape index (κ2) is 8.94. The maximum atomic E-state index is 11.7. The molecule has 1 atom stereocenters. The number of nitrogens with one attached hydrogen (secondary N) is 2. The molecule has 5 nitrogen and oxygen atoms in total. The molecule has 1 amide bonds. The minimum Gasteiger partial charge on any atom is -0.479 e. The number of carbonyl (C=O) groups excluding carboxylic acids is 1. The lowest BCUT2D eigenvalue weighted by Gasteiger charge is -2.14. The highest BCUT2D eigenvalue weighted by molar-refractivity contribution is 5.81. The molecule has 108 valence electrons. The molecule has 1 aromatic carbocycles. The van der Waals surface area contributed by atoms with Crippen molar-refractivity contribution in [3.05, 3.63) is 29.8 Å². The molecule has 0 radical (unpaired) electrons. The zero-order chi connectivity index (χ0) is 14.8. The molecule has 0 aliphatic carbocycles. The quantitative estimate of drug-likeness (QED) is 0.755. The Hall–Kier alpha value is -2.06. The van der Waals surface area contributed by atoms with E-state index >= 15 is 0 Å². The second-order valence-electron chi connectivity index (χ2n) is 4.48. The Labute approximate surface area is 119 Å². The van der Waals surface area contributed by atoms with Gasteiger partial charge in [0.25, 0.3) is 0 Å². The molecule has 0 spiro atoms. The Morgan fingerprint density at radius 1 is 1.40 bits per heavy atom. The molecule has 1 rings (SSSR count). The van der Waals surface area contributed by atoms with Crippen LogP contribution in [0, 0.1) is 11.3 Å². The number of amides is 1. The van der Waals surface area contributed by atoms with E-state index in [1.54, 1.807) is 0 Å². The van der Waals surface area contributed by atoms with Crippen LogP contribution in [0.4, 0.5) is 0 Å². The molecule has 1 unspecified atom stereocenters. The first-order valence-corrected chi connectivity index (χ1v) is 6.77. The molecule has 5 heteroatoms. The summed E-state index contributed by atoms with van der Waals surface area (Å²) in [5.41, 5.74) is 1.06. The molecule has 0 aliphatic heterocycles. The Balaban J connectivity index is 2.37. The van der Waals surface area contributed by atoms with E-state index in [9.17, 15) is 4.79 Å². The topological polar surface area (TPSA) is 74.2 Å². The van der Waals surface area contributed by atoms with Gasteiger partial charge in [0.2, 0.25) is 5.91 Å². The Morgan fingerprint density at radius 3 is 2.70 bits per heavy atom. The molecule has 0 saturated carbocycles. The Bertz CT molecular complexity index is 451. The minimum absolute atomic E-state index is 0.0147. The fourth-order valence-electron chi connectivity index (χ4n) is 1.58. The zero-order valence-corrected chi connectivity index (χ0v) is 12.0. The first-order valence-electron chi connectivity index (χ1n) is 6.77. The predicted molar refractivity (Wildman–Crippen MR) is 77.2 cm³/mol. The van der Waals surface area contributed by atoms with Crippen molar-refractivity contribution in [2.45, 2.75) is 32.9 Å². The van der Waals surface area contributed by atoms with Crippen LogP contribution >= 0.6 is 0 Å². The van der Waals surface area contributed by atoms with Gasteiger partial charge in [-0.1, -0.05) is 19.1 Å². The van der Waals surface area contributed by atoms with Crippen LogP contribution in [0.15, 0.2) is 24.3 Å². The summed E-state index contributed by atoms with van der Waals surface area (Å²) in [4.78, 5) is 11.7. The van der Waals surface area contributed by atoms with Crippen molar-refractivity contribution in [2.24, 2.45) is 0 Å².